The summed E-state index contributed by atoms with van der Waals surface area (Å²) >= 11 is 0. The molecule has 0 amide bonds. The van der Waals surface area contributed by atoms with E-state index in [1.165, 1.54) is 0 Å². The summed E-state index contributed by atoms with van der Waals surface area (Å²) < 4.78 is 36.5. The number of anilines is 2. The van der Waals surface area contributed by atoms with Crippen molar-refractivity contribution in [2.75, 3.05) is 17.3 Å². The summed E-state index contributed by atoms with van der Waals surface area (Å²) in [5, 5.41) is 2.69. The molecule has 0 atom stereocenters. The lowest BCUT2D eigenvalue weighted by atomic mass is 9.95. The lowest BCUT2D eigenvalue weighted by Crippen LogP contribution is -2.22. The zero-order valence-corrected chi connectivity index (χ0v) is 12.0. The molecule has 0 aliphatic heterocycles. The molecule has 0 saturated carbocycles. The maximum atomic E-state index is 12.2. The minimum atomic E-state index is -4.20. The Labute approximate surface area is 116 Å². The van der Waals surface area contributed by atoms with E-state index in [9.17, 15) is 13.2 Å². The highest BCUT2D eigenvalue weighted by atomic mass is 19.4. The molecule has 0 unspecified atom stereocenters. The van der Waals surface area contributed by atoms with E-state index in [-0.39, 0.29) is 12.0 Å². The monoisotopic (exact) mass is 291 g/mol. The van der Waals surface area contributed by atoms with E-state index in [0.717, 1.165) is 0 Å². The molecule has 0 spiro atoms. The molecule has 1 rings (SSSR count). The van der Waals surface area contributed by atoms with Crippen LogP contribution in [0.25, 0.3) is 0 Å². The molecule has 20 heavy (non-hydrogen) atoms. The fourth-order valence-electron chi connectivity index (χ4n) is 1.49. The second-order valence-electron chi connectivity index (χ2n) is 5.56. The molecule has 0 aliphatic carbocycles. The van der Waals surface area contributed by atoms with Gasteiger partial charge in [-0.2, -0.15) is 13.2 Å². The number of nitrogens with zero attached hydrogens (tertiary/aromatic N) is 2. The van der Waals surface area contributed by atoms with E-state index >= 15 is 0 Å². The van der Waals surface area contributed by atoms with Crippen LogP contribution in [0.5, 0.6) is 0 Å². The maximum Gasteiger partial charge on any atom is 0.390 e. The van der Waals surface area contributed by atoms with Gasteiger partial charge in [-0.3, -0.25) is 0 Å². The third-order valence-corrected chi connectivity index (χ3v) is 2.65. The highest BCUT2D eigenvalue weighted by molar-refractivity contribution is 5.57. The third kappa shape index (κ3) is 4.52. The average molecular weight is 291 g/mol. The van der Waals surface area contributed by atoms with Gasteiger partial charge in [0.2, 0.25) is 0 Å². The fourth-order valence-corrected chi connectivity index (χ4v) is 1.49. The number of rotatable bonds is 4. The molecular formula is C12H20F3N5. The summed E-state index contributed by atoms with van der Waals surface area (Å²) in [4.78, 5) is 8.56. The minimum absolute atomic E-state index is 0.241. The summed E-state index contributed by atoms with van der Waals surface area (Å²) in [6, 6.07) is 0. The summed E-state index contributed by atoms with van der Waals surface area (Å²) in [5.74, 6) is 6.65. The minimum Gasteiger partial charge on any atom is -0.369 e. The van der Waals surface area contributed by atoms with Crippen molar-refractivity contribution in [1.82, 2.24) is 9.97 Å². The number of alkyl halides is 3. The highest BCUT2D eigenvalue weighted by Crippen LogP contribution is 2.26. The van der Waals surface area contributed by atoms with Gasteiger partial charge >= 0.3 is 6.18 Å². The van der Waals surface area contributed by atoms with Crippen LogP contribution >= 0.6 is 0 Å². The van der Waals surface area contributed by atoms with Gasteiger partial charge in [0.25, 0.3) is 0 Å². The lowest BCUT2D eigenvalue weighted by Gasteiger charge is -2.20. The zero-order chi connectivity index (χ0) is 15.6. The van der Waals surface area contributed by atoms with E-state index in [2.05, 4.69) is 20.7 Å². The van der Waals surface area contributed by atoms with E-state index in [0.29, 0.717) is 23.0 Å². The molecule has 114 valence electrons. The van der Waals surface area contributed by atoms with E-state index < -0.39 is 12.6 Å². The Bertz CT molecular complexity index is 465. The van der Waals surface area contributed by atoms with Crippen molar-refractivity contribution in [1.29, 1.82) is 0 Å². The van der Waals surface area contributed by atoms with Gasteiger partial charge in [-0.15, -0.1) is 0 Å². The van der Waals surface area contributed by atoms with Crippen molar-refractivity contribution < 1.29 is 13.2 Å². The number of nitrogen functional groups attached to an aromatic ring is 1. The fraction of sp³-hybridized carbons (Fsp3) is 0.667. The topological polar surface area (TPSA) is 75.9 Å². The van der Waals surface area contributed by atoms with Crippen LogP contribution in [0.1, 0.15) is 38.6 Å². The molecule has 4 N–H and O–H groups in total. The van der Waals surface area contributed by atoms with Crippen LogP contribution in [0.3, 0.4) is 0 Å². The Kier molecular flexibility index (Phi) is 4.80. The smallest absolute Gasteiger partial charge is 0.369 e. The molecule has 1 aromatic rings. The first-order valence-corrected chi connectivity index (χ1v) is 6.21. The Morgan fingerprint density at radius 2 is 1.65 bits per heavy atom. The summed E-state index contributed by atoms with van der Waals surface area (Å²) in [7, 11) is 0. The van der Waals surface area contributed by atoms with Gasteiger partial charge in [-0.1, -0.05) is 20.8 Å². The Morgan fingerprint density at radius 1 is 1.10 bits per heavy atom. The standard InChI is InChI=1S/C12H20F3N5/c1-7-8(17-6-5-12(13,14)15)18-10(11(2,3)4)19-9(7)20-16/h5-6,16H2,1-4H3,(H2,17,18,19,20). The van der Waals surface area contributed by atoms with Gasteiger partial charge in [-0.05, 0) is 6.92 Å². The van der Waals surface area contributed by atoms with E-state index in [4.69, 9.17) is 5.84 Å². The van der Waals surface area contributed by atoms with Crippen LogP contribution in [-0.2, 0) is 5.41 Å². The van der Waals surface area contributed by atoms with Crippen LogP contribution in [0.4, 0.5) is 24.8 Å². The Morgan fingerprint density at radius 3 is 2.10 bits per heavy atom. The first-order valence-electron chi connectivity index (χ1n) is 6.21. The molecule has 0 radical (unpaired) electrons. The highest BCUT2D eigenvalue weighted by Gasteiger charge is 2.27. The summed E-state index contributed by atoms with van der Waals surface area (Å²) in [6.45, 7) is 7.19. The predicted molar refractivity (Wildman–Crippen MR) is 72.4 cm³/mol. The first kappa shape index (κ1) is 16.5. The van der Waals surface area contributed by atoms with Gasteiger partial charge in [0.15, 0.2) is 0 Å². The summed E-state index contributed by atoms with van der Waals surface area (Å²) in [6.07, 6.45) is -5.12. The van der Waals surface area contributed by atoms with Crippen molar-refractivity contribution in [3.8, 4) is 0 Å². The molecule has 8 heteroatoms. The molecule has 0 bridgehead atoms. The number of hydrogen-bond donors (Lipinski definition) is 3. The van der Waals surface area contributed by atoms with E-state index in [1.807, 2.05) is 20.8 Å². The molecule has 1 aromatic heterocycles. The number of hydrazine groups is 1. The molecule has 0 aromatic carbocycles. The van der Waals surface area contributed by atoms with E-state index in [1.54, 1.807) is 6.92 Å². The molecular weight excluding hydrogens is 271 g/mol. The second kappa shape index (κ2) is 5.82. The largest absolute Gasteiger partial charge is 0.390 e. The van der Waals surface area contributed by atoms with Gasteiger partial charge < -0.3 is 10.7 Å². The van der Waals surface area contributed by atoms with Gasteiger partial charge in [0, 0.05) is 17.5 Å². The number of aromatic nitrogens is 2. The van der Waals surface area contributed by atoms with Crippen LogP contribution in [0, 0.1) is 6.92 Å². The van der Waals surface area contributed by atoms with Crippen LogP contribution in [0.2, 0.25) is 0 Å². The van der Waals surface area contributed by atoms with Gasteiger partial charge in [0.1, 0.15) is 17.5 Å². The number of hydrogen-bond acceptors (Lipinski definition) is 5. The van der Waals surface area contributed by atoms with Gasteiger partial charge in [-0.25, -0.2) is 15.8 Å². The molecule has 5 nitrogen and oxygen atoms in total. The number of nitrogens with two attached hydrogens (primary N) is 1. The average Bonchev–Trinajstić information content (AvgIpc) is 2.28. The van der Waals surface area contributed by atoms with Crippen molar-refractivity contribution in [3.63, 3.8) is 0 Å². The normalized spacial score (nSPS) is 12.4. The Hall–Kier alpha value is -1.57. The Balaban J connectivity index is 3.00. The first-order chi connectivity index (χ1) is 9.04. The predicted octanol–water partition coefficient (Wildman–Crippen LogP) is 2.73. The van der Waals surface area contributed by atoms with Crippen molar-refractivity contribution in [3.05, 3.63) is 11.4 Å². The molecule has 0 saturated heterocycles. The SMILES string of the molecule is Cc1c(NN)nc(C(C)(C)C)nc1NCCC(F)(F)F. The van der Waals surface area contributed by atoms with Gasteiger partial charge in [0.05, 0.1) is 6.42 Å². The maximum absolute atomic E-state index is 12.2. The number of halogens is 3. The van der Waals surface area contributed by atoms with Crippen LogP contribution in [0.15, 0.2) is 0 Å². The third-order valence-electron chi connectivity index (χ3n) is 2.65. The molecule has 0 aliphatic rings. The van der Waals surface area contributed by atoms with Crippen LogP contribution in [-0.4, -0.2) is 22.7 Å². The quantitative estimate of drug-likeness (QED) is 0.587. The molecule has 1 heterocycles. The van der Waals surface area contributed by atoms with Crippen molar-refractivity contribution >= 4 is 11.6 Å². The van der Waals surface area contributed by atoms with Crippen molar-refractivity contribution in [2.24, 2.45) is 5.84 Å². The lowest BCUT2D eigenvalue weighted by molar-refractivity contribution is -0.131. The molecule has 0 fully saturated rings. The van der Waals surface area contributed by atoms with Crippen molar-refractivity contribution in [2.45, 2.75) is 45.7 Å². The zero-order valence-electron chi connectivity index (χ0n) is 12.0. The summed E-state index contributed by atoms with van der Waals surface area (Å²) in [5.41, 5.74) is 2.69. The van der Waals surface area contributed by atoms with Crippen LogP contribution < -0.4 is 16.6 Å². The number of nitrogens with one attached hydrogen (secondary N) is 2. The second-order valence-corrected chi connectivity index (χ2v) is 5.56.